The first-order valence-corrected chi connectivity index (χ1v) is 8.46. The molecule has 2 aromatic rings. The lowest BCUT2D eigenvalue weighted by Crippen LogP contribution is -2.22. The minimum absolute atomic E-state index is 0.0613. The number of hydrogen-bond acceptors (Lipinski definition) is 5. The van der Waals surface area contributed by atoms with Crippen molar-refractivity contribution in [1.82, 2.24) is 9.71 Å². The summed E-state index contributed by atoms with van der Waals surface area (Å²) in [5, 5.41) is 2.49. The highest BCUT2D eigenvalue weighted by molar-refractivity contribution is 7.89. The number of amides is 1. The lowest BCUT2D eigenvalue weighted by Gasteiger charge is -2.10. The molecule has 9 heteroatoms. The summed E-state index contributed by atoms with van der Waals surface area (Å²) in [5.41, 5.74) is 1.07. The Morgan fingerprint density at radius 3 is 2.62 bits per heavy atom. The van der Waals surface area contributed by atoms with Gasteiger partial charge in [0, 0.05) is 11.9 Å². The topological polar surface area (TPSA) is 117 Å². The van der Waals surface area contributed by atoms with E-state index < -0.39 is 28.5 Å². The molecule has 24 heavy (non-hydrogen) atoms. The van der Waals surface area contributed by atoms with Crippen molar-refractivity contribution >= 4 is 27.6 Å². The second-order valence-corrected chi connectivity index (χ2v) is 6.75. The molecule has 0 atom stereocenters. The van der Waals surface area contributed by atoms with E-state index in [1.54, 1.807) is 31.3 Å². The molecule has 128 valence electrons. The molecule has 0 bridgehead atoms. The molecule has 1 amide bonds. The van der Waals surface area contributed by atoms with Crippen molar-refractivity contribution in [2.24, 2.45) is 0 Å². The number of sulfonamides is 1. The van der Waals surface area contributed by atoms with Crippen LogP contribution < -0.4 is 10.0 Å². The van der Waals surface area contributed by atoms with Crippen LogP contribution in [0.2, 0.25) is 0 Å². The number of nitrogens with one attached hydrogen (secondary N) is 3. The third-order valence-electron chi connectivity index (χ3n) is 3.18. The van der Waals surface area contributed by atoms with Crippen LogP contribution in [-0.2, 0) is 19.6 Å². The molecule has 0 saturated heterocycles. The van der Waals surface area contributed by atoms with Gasteiger partial charge in [0.25, 0.3) is 5.91 Å². The Balaban J connectivity index is 2.02. The zero-order valence-corrected chi connectivity index (χ0v) is 13.9. The van der Waals surface area contributed by atoms with Crippen LogP contribution in [0.15, 0.2) is 41.4 Å². The summed E-state index contributed by atoms with van der Waals surface area (Å²) in [4.78, 5) is 26.2. The number of rotatable bonds is 6. The predicted octanol–water partition coefficient (Wildman–Crippen LogP) is 1.03. The highest BCUT2D eigenvalue weighted by Gasteiger charge is 2.16. The summed E-state index contributed by atoms with van der Waals surface area (Å²) in [6.07, 6.45) is 1.56. The molecule has 0 saturated carbocycles. The molecule has 0 aliphatic heterocycles. The normalized spacial score (nSPS) is 11.1. The Bertz CT molecular complexity index is 844. The van der Waals surface area contributed by atoms with Gasteiger partial charge in [-0.1, -0.05) is 6.07 Å². The van der Waals surface area contributed by atoms with Crippen LogP contribution in [0.5, 0.6) is 0 Å². The number of hydrogen-bond donors (Lipinski definition) is 3. The zero-order chi connectivity index (χ0) is 17.7. The number of aromatic nitrogens is 1. The summed E-state index contributed by atoms with van der Waals surface area (Å²) < 4.78 is 30.9. The van der Waals surface area contributed by atoms with Crippen LogP contribution in [0, 0.1) is 6.92 Å². The molecule has 0 aliphatic rings. The summed E-state index contributed by atoms with van der Waals surface area (Å²) in [6.45, 7) is 1.16. The number of ether oxygens (including phenoxy) is 1. The fraction of sp³-hybridized carbons (Fsp3) is 0.200. The van der Waals surface area contributed by atoms with Crippen molar-refractivity contribution in [1.29, 1.82) is 0 Å². The van der Waals surface area contributed by atoms with Gasteiger partial charge in [0.05, 0.1) is 4.90 Å². The van der Waals surface area contributed by atoms with E-state index in [0.29, 0.717) is 5.56 Å². The van der Waals surface area contributed by atoms with Gasteiger partial charge in [-0.15, -0.1) is 0 Å². The van der Waals surface area contributed by atoms with Crippen molar-refractivity contribution in [3.8, 4) is 0 Å². The van der Waals surface area contributed by atoms with Gasteiger partial charge in [-0.25, -0.2) is 17.9 Å². The van der Waals surface area contributed by atoms with Crippen molar-refractivity contribution in [2.75, 3.05) is 19.0 Å². The van der Waals surface area contributed by atoms with Gasteiger partial charge in [0.2, 0.25) is 10.0 Å². The van der Waals surface area contributed by atoms with Crippen molar-refractivity contribution in [3.63, 3.8) is 0 Å². The molecule has 1 aromatic heterocycles. The Hall–Kier alpha value is -2.65. The fourth-order valence-corrected chi connectivity index (χ4v) is 2.93. The van der Waals surface area contributed by atoms with Gasteiger partial charge in [-0.05, 0) is 43.8 Å². The second-order valence-electron chi connectivity index (χ2n) is 4.90. The fourth-order valence-electron chi connectivity index (χ4n) is 1.94. The van der Waals surface area contributed by atoms with E-state index >= 15 is 0 Å². The standard InChI is InChI=1S/C15H17N3O5S/c1-10-5-6-11(8-13(10)24(21,22)16-2)18-14(19)9-23-15(20)12-4-3-7-17-12/h3-8,16-17H,9H2,1-2H3,(H,18,19). The van der Waals surface area contributed by atoms with Crippen molar-refractivity contribution in [3.05, 3.63) is 47.8 Å². The first kappa shape index (κ1) is 17.7. The van der Waals surface area contributed by atoms with Crippen LogP contribution in [0.4, 0.5) is 5.69 Å². The number of aromatic amines is 1. The average molecular weight is 351 g/mol. The first-order valence-electron chi connectivity index (χ1n) is 6.98. The van der Waals surface area contributed by atoms with Gasteiger partial charge < -0.3 is 15.0 Å². The molecule has 0 radical (unpaired) electrons. The van der Waals surface area contributed by atoms with Crippen LogP contribution in [0.3, 0.4) is 0 Å². The number of anilines is 1. The molecular formula is C15H17N3O5S. The number of aryl methyl sites for hydroxylation is 1. The quantitative estimate of drug-likeness (QED) is 0.672. The van der Waals surface area contributed by atoms with Gasteiger partial charge in [-0.3, -0.25) is 4.79 Å². The summed E-state index contributed by atoms with van der Waals surface area (Å²) in [5.74, 6) is -1.23. The molecule has 3 N–H and O–H groups in total. The zero-order valence-electron chi connectivity index (χ0n) is 13.1. The Morgan fingerprint density at radius 2 is 2.00 bits per heavy atom. The molecule has 1 aromatic carbocycles. The van der Waals surface area contributed by atoms with Gasteiger partial charge in [-0.2, -0.15) is 0 Å². The summed E-state index contributed by atoms with van der Waals surface area (Å²) >= 11 is 0. The smallest absolute Gasteiger partial charge is 0.355 e. The number of H-pyrrole nitrogens is 1. The Labute approximate surface area is 139 Å². The highest BCUT2D eigenvalue weighted by Crippen LogP contribution is 2.19. The molecule has 0 fully saturated rings. The van der Waals surface area contributed by atoms with E-state index in [1.807, 2.05) is 0 Å². The van der Waals surface area contributed by atoms with Crippen LogP contribution in [-0.4, -0.2) is 38.9 Å². The molecule has 2 rings (SSSR count). The monoisotopic (exact) mass is 351 g/mol. The average Bonchev–Trinajstić information content (AvgIpc) is 3.09. The summed E-state index contributed by atoms with van der Waals surface area (Å²) in [7, 11) is -2.33. The Morgan fingerprint density at radius 1 is 1.25 bits per heavy atom. The van der Waals surface area contributed by atoms with Crippen LogP contribution in [0.1, 0.15) is 16.1 Å². The molecule has 0 spiro atoms. The molecule has 0 unspecified atom stereocenters. The molecular weight excluding hydrogens is 334 g/mol. The first-order chi connectivity index (χ1) is 11.3. The number of esters is 1. The molecule has 1 heterocycles. The Kier molecular flexibility index (Phi) is 5.37. The lowest BCUT2D eigenvalue weighted by atomic mass is 10.2. The van der Waals surface area contributed by atoms with Crippen molar-refractivity contribution < 1.29 is 22.7 Å². The largest absolute Gasteiger partial charge is 0.451 e. The van der Waals surface area contributed by atoms with Gasteiger partial charge in [0.15, 0.2) is 6.61 Å². The van der Waals surface area contributed by atoms with Gasteiger partial charge >= 0.3 is 5.97 Å². The van der Waals surface area contributed by atoms with E-state index in [4.69, 9.17) is 4.74 Å². The number of carbonyl (C=O) groups excluding carboxylic acids is 2. The van der Waals surface area contributed by atoms with Crippen molar-refractivity contribution in [2.45, 2.75) is 11.8 Å². The third-order valence-corrected chi connectivity index (χ3v) is 4.74. The van der Waals surface area contributed by atoms with E-state index in [0.717, 1.165) is 0 Å². The van der Waals surface area contributed by atoms with E-state index in [-0.39, 0.29) is 16.3 Å². The number of benzene rings is 1. The third kappa shape index (κ3) is 4.21. The maximum absolute atomic E-state index is 11.9. The molecule has 0 aliphatic carbocycles. The summed E-state index contributed by atoms with van der Waals surface area (Å²) in [6, 6.07) is 7.63. The maximum Gasteiger partial charge on any atom is 0.355 e. The van der Waals surface area contributed by atoms with E-state index in [2.05, 4.69) is 15.0 Å². The second kappa shape index (κ2) is 7.28. The highest BCUT2D eigenvalue weighted by atomic mass is 32.2. The van der Waals surface area contributed by atoms with Crippen LogP contribution >= 0.6 is 0 Å². The SMILES string of the molecule is CNS(=O)(=O)c1cc(NC(=O)COC(=O)c2ccc[nH]2)ccc1C. The minimum atomic E-state index is -3.63. The van der Waals surface area contributed by atoms with Crippen LogP contribution in [0.25, 0.3) is 0 Å². The molecule has 8 nitrogen and oxygen atoms in total. The lowest BCUT2D eigenvalue weighted by molar-refractivity contribution is -0.119. The van der Waals surface area contributed by atoms with Gasteiger partial charge in [0.1, 0.15) is 5.69 Å². The van der Waals surface area contributed by atoms with E-state index in [1.165, 1.54) is 19.2 Å². The number of carbonyl (C=O) groups is 2. The predicted molar refractivity (Wildman–Crippen MR) is 87.1 cm³/mol. The van der Waals surface area contributed by atoms with E-state index in [9.17, 15) is 18.0 Å². The maximum atomic E-state index is 11.9. The minimum Gasteiger partial charge on any atom is -0.451 e.